The second-order valence-electron chi connectivity index (χ2n) is 9.33. The molecule has 1 aromatic carbocycles. The number of allylic oxidation sites excluding steroid dienone is 3. The van der Waals surface area contributed by atoms with E-state index in [1.54, 1.807) is 12.1 Å². The van der Waals surface area contributed by atoms with Gasteiger partial charge in [0.2, 0.25) is 6.29 Å². The van der Waals surface area contributed by atoms with Crippen molar-refractivity contribution in [3.8, 4) is 5.75 Å². The van der Waals surface area contributed by atoms with Gasteiger partial charge in [-0.2, -0.15) is 0 Å². The minimum absolute atomic E-state index is 0.0706. The fourth-order valence-corrected chi connectivity index (χ4v) is 4.61. The fraction of sp³-hybridized carbons (Fsp3) is 0.417. The van der Waals surface area contributed by atoms with Crippen LogP contribution >= 0.6 is 0 Å². The summed E-state index contributed by atoms with van der Waals surface area (Å²) < 4.78 is 6.23. The Morgan fingerprint density at radius 1 is 1.21 bits per heavy atom. The monoisotopic (exact) mass is 393 g/mol. The van der Waals surface area contributed by atoms with Gasteiger partial charge in [-0.25, -0.2) is 0 Å². The highest BCUT2D eigenvalue weighted by molar-refractivity contribution is 5.95. The Morgan fingerprint density at radius 2 is 1.90 bits per heavy atom. The van der Waals surface area contributed by atoms with Gasteiger partial charge in [0, 0.05) is 22.9 Å². The summed E-state index contributed by atoms with van der Waals surface area (Å²) in [4.78, 5) is 24.4. The number of likely N-dealkylation sites (N-methyl/N-ethyl adjacent to an activating group) is 1. The van der Waals surface area contributed by atoms with Crippen LogP contribution in [0.1, 0.15) is 37.0 Å². The van der Waals surface area contributed by atoms with Gasteiger partial charge in [-0.15, -0.1) is 0 Å². The number of hydrogen-bond donors (Lipinski definition) is 1. The maximum Gasteiger partial charge on any atom is 0.255 e. The maximum atomic E-state index is 12.9. The topological polar surface area (TPSA) is 55.4 Å². The second-order valence-corrected chi connectivity index (χ2v) is 9.33. The fourth-order valence-electron chi connectivity index (χ4n) is 4.61. The number of aldehydes is 1. The summed E-state index contributed by atoms with van der Waals surface area (Å²) >= 11 is 0. The third-order valence-electron chi connectivity index (χ3n) is 6.43. The highest BCUT2D eigenvalue weighted by Crippen LogP contribution is 2.47. The molecule has 0 aromatic heterocycles. The molecule has 1 amide bonds. The summed E-state index contributed by atoms with van der Waals surface area (Å²) in [5.41, 5.74) is 2.99. The van der Waals surface area contributed by atoms with Gasteiger partial charge in [-0.05, 0) is 62.9 Å². The van der Waals surface area contributed by atoms with Gasteiger partial charge in [0.1, 0.15) is 11.8 Å². The van der Waals surface area contributed by atoms with Crippen molar-refractivity contribution in [3.63, 3.8) is 0 Å². The van der Waals surface area contributed by atoms with E-state index in [-0.39, 0.29) is 17.4 Å². The van der Waals surface area contributed by atoms with E-state index < -0.39 is 0 Å². The van der Waals surface area contributed by atoms with Crippen LogP contribution in [0.3, 0.4) is 0 Å². The van der Waals surface area contributed by atoms with E-state index in [2.05, 4.69) is 19.2 Å². The van der Waals surface area contributed by atoms with E-state index in [4.69, 9.17) is 4.74 Å². The molecule has 0 spiro atoms. The van der Waals surface area contributed by atoms with Gasteiger partial charge in [-0.3, -0.25) is 14.1 Å². The van der Waals surface area contributed by atoms with E-state index in [0.29, 0.717) is 16.0 Å². The highest BCUT2D eigenvalue weighted by atomic mass is 16.5. The predicted molar refractivity (Wildman–Crippen MR) is 112 cm³/mol. The number of ether oxygens (including phenoxy) is 1. The Bertz CT molecular complexity index is 931. The average Bonchev–Trinajstić information content (AvgIpc) is 3.46. The summed E-state index contributed by atoms with van der Waals surface area (Å²) in [6.45, 7) is 4.99. The predicted octanol–water partition coefficient (Wildman–Crippen LogP) is 3.60. The first-order valence-corrected chi connectivity index (χ1v) is 10.2. The number of benzene rings is 1. The molecule has 1 unspecified atom stereocenters. The molecule has 1 aromatic rings. The van der Waals surface area contributed by atoms with Crippen molar-refractivity contribution in [1.82, 2.24) is 5.32 Å². The molecule has 4 rings (SSSR count). The van der Waals surface area contributed by atoms with Crippen LogP contribution < -0.4 is 10.1 Å². The van der Waals surface area contributed by atoms with Gasteiger partial charge in [0.05, 0.1) is 26.1 Å². The molecular weight excluding hydrogens is 364 g/mol. The molecule has 0 radical (unpaired) electrons. The lowest BCUT2D eigenvalue weighted by Gasteiger charge is -2.44. The van der Waals surface area contributed by atoms with Crippen molar-refractivity contribution in [2.24, 2.45) is 11.3 Å². The summed E-state index contributed by atoms with van der Waals surface area (Å²) in [6, 6.07) is 7.38. The number of nitrogens with zero attached hydrogens (tertiary/aromatic N) is 1. The minimum Gasteiger partial charge on any atom is -0.493 e. The van der Waals surface area contributed by atoms with Gasteiger partial charge in [0.25, 0.3) is 5.91 Å². The summed E-state index contributed by atoms with van der Waals surface area (Å²) in [7, 11) is 4.08. The summed E-state index contributed by atoms with van der Waals surface area (Å²) in [5.74, 6) is 1.36. The molecule has 5 heteroatoms. The lowest BCUT2D eigenvalue weighted by molar-refractivity contribution is -0.869. The molecular formula is C24H29N2O3+. The van der Waals surface area contributed by atoms with Crippen LogP contribution in [-0.2, 0) is 4.79 Å². The van der Waals surface area contributed by atoms with Gasteiger partial charge in [-0.1, -0.05) is 6.08 Å². The molecule has 3 aliphatic rings. The van der Waals surface area contributed by atoms with Crippen LogP contribution in [0.15, 0.2) is 59.5 Å². The number of amides is 1. The molecule has 1 aliphatic heterocycles. The number of hydrogen-bond acceptors (Lipinski definition) is 3. The number of carbonyl (C=O) groups is 2. The Labute approximate surface area is 172 Å². The number of fused-ring (bicyclic) bond motifs is 1. The smallest absolute Gasteiger partial charge is 0.255 e. The third kappa shape index (κ3) is 3.55. The molecule has 5 nitrogen and oxygen atoms in total. The molecule has 1 N–H and O–H groups in total. The molecule has 0 bridgehead atoms. The van der Waals surface area contributed by atoms with Crippen LogP contribution in [0.5, 0.6) is 5.75 Å². The second kappa shape index (κ2) is 6.99. The Kier molecular flexibility index (Phi) is 4.74. The van der Waals surface area contributed by atoms with Crippen LogP contribution in [0, 0.1) is 11.3 Å². The normalized spacial score (nSPS) is 24.0. The molecule has 152 valence electrons. The molecule has 1 heterocycles. The zero-order valence-electron chi connectivity index (χ0n) is 17.6. The van der Waals surface area contributed by atoms with Crippen molar-refractivity contribution in [2.75, 3.05) is 20.7 Å². The first kappa shape index (κ1) is 19.6. The summed E-state index contributed by atoms with van der Waals surface area (Å²) in [6.07, 6.45) is 9.37. The Balaban J connectivity index is 1.49. The van der Waals surface area contributed by atoms with Crippen LogP contribution in [0.2, 0.25) is 0 Å². The number of rotatable bonds is 6. The first-order chi connectivity index (χ1) is 13.7. The van der Waals surface area contributed by atoms with Crippen LogP contribution in [-0.4, -0.2) is 43.4 Å². The lowest BCUT2D eigenvalue weighted by atomic mass is 9.74. The molecule has 1 saturated carbocycles. The summed E-state index contributed by atoms with van der Waals surface area (Å²) in [5, 5.41) is 3.10. The van der Waals surface area contributed by atoms with Crippen molar-refractivity contribution in [1.29, 1.82) is 0 Å². The molecule has 0 saturated heterocycles. The lowest BCUT2D eigenvalue weighted by Crippen LogP contribution is -2.55. The maximum absolute atomic E-state index is 12.9. The van der Waals surface area contributed by atoms with Gasteiger partial charge < -0.3 is 10.1 Å². The third-order valence-corrected chi connectivity index (χ3v) is 6.43. The van der Waals surface area contributed by atoms with Crippen LogP contribution in [0.25, 0.3) is 0 Å². The Morgan fingerprint density at radius 3 is 2.52 bits per heavy atom. The van der Waals surface area contributed by atoms with Gasteiger partial charge in [0.15, 0.2) is 5.70 Å². The minimum atomic E-state index is -0.335. The van der Waals surface area contributed by atoms with Crippen molar-refractivity contribution in [3.05, 3.63) is 65.0 Å². The van der Waals surface area contributed by atoms with E-state index in [1.807, 2.05) is 44.5 Å². The van der Waals surface area contributed by atoms with Crippen molar-refractivity contribution >= 4 is 12.2 Å². The zero-order valence-corrected chi connectivity index (χ0v) is 17.6. The first-order valence-electron chi connectivity index (χ1n) is 10.2. The Hall–Kier alpha value is -2.66. The standard InChI is InChI=1S/C24H28N2O3/c1-24(2)21(12-9-18-13-19(14-27)26(3,4)22(18)24)25-23(28)17-7-10-20(11-8-17)29-15-16-5-6-16/h7-14,16,22H,5-6,15H2,1-4H3/p+1. The van der Waals surface area contributed by atoms with Crippen molar-refractivity contribution in [2.45, 2.75) is 32.7 Å². The molecule has 29 heavy (non-hydrogen) atoms. The molecule has 2 aliphatic carbocycles. The van der Waals surface area contributed by atoms with E-state index in [1.165, 1.54) is 12.8 Å². The molecule has 1 fully saturated rings. The number of quaternary nitrogens is 1. The van der Waals surface area contributed by atoms with Crippen molar-refractivity contribution < 1.29 is 18.8 Å². The largest absolute Gasteiger partial charge is 0.493 e. The SMILES string of the molecule is CC1(C)C(NC(=O)c2ccc(OCC3CC3)cc2)=CC=C2C=C(C=O)[N+](C)(C)C21. The van der Waals surface area contributed by atoms with E-state index >= 15 is 0 Å². The quantitative estimate of drug-likeness (QED) is 0.594. The highest BCUT2D eigenvalue weighted by Gasteiger charge is 2.52. The number of nitrogens with one attached hydrogen (secondary N) is 1. The van der Waals surface area contributed by atoms with Crippen LogP contribution in [0.4, 0.5) is 0 Å². The van der Waals surface area contributed by atoms with Gasteiger partial charge >= 0.3 is 0 Å². The van der Waals surface area contributed by atoms with E-state index in [0.717, 1.165) is 35.6 Å². The zero-order chi connectivity index (χ0) is 20.8. The number of carbonyl (C=O) groups excluding carboxylic acids is 2. The molecule has 1 atom stereocenters. The van der Waals surface area contributed by atoms with E-state index in [9.17, 15) is 9.59 Å². The average molecular weight is 394 g/mol.